The number of rotatable bonds is 3. The molecular weight excluding hydrogens is 401 g/mol. The Hall–Kier alpha value is -0.140. The molecule has 0 spiro atoms. The molecule has 0 aromatic carbocycles. The van der Waals surface area contributed by atoms with Crippen molar-refractivity contribution in [2.24, 2.45) is 5.92 Å². The molecule has 1 heterocycles. The largest absolute Gasteiger partial charge is 0.391 e. The highest BCUT2D eigenvalue weighted by Gasteiger charge is 2.41. The zero-order valence-corrected chi connectivity index (χ0v) is 13.9. The molecule has 2 rings (SSSR count). The maximum Gasteiger partial charge on any atom is 0.391 e. The van der Waals surface area contributed by atoms with Crippen molar-refractivity contribution in [1.82, 2.24) is 10.3 Å². The summed E-state index contributed by atoms with van der Waals surface area (Å²) >= 11 is 6.72. The minimum Gasteiger partial charge on any atom is -0.308 e. The van der Waals surface area contributed by atoms with Gasteiger partial charge in [-0.3, -0.25) is 4.98 Å². The van der Waals surface area contributed by atoms with E-state index in [4.69, 9.17) is 0 Å². The lowest BCUT2D eigenvalue weighted by atomic mass is 9.85. The average Bonchev–Trinajstić information content (AvgIpc) is 2.37. The Balaban J connectivity index is 1.90. The number of nitrogens with one attached hydrogen (secondary N) is 1. The molecule has 2 unspecified atom stereocenters. The van der Waals surface area contributed by atoms with Crippen LogP contribution < -0.4 is 5.32 Å². The standard InChI is InChI=1S/C13H15Br2F3N2/c14-9-5-11(15)12(20-6-9)7-19-10-3-1-2-8(4-10)13(16,17)18/h5-6,8,10,19H,1-4,7H2. The van der Waals surface area contributed by atoms with Crippen LogP contribution in [0.2, 0.25) is 0 Å². The predicted octanol–water partition coefficient (Wildman–Crippen LogP) is 4.82. The quantitative estimate of drug-likeness (QED) is 0.765. The van der Waals surface area contributed by atoms with Gasteiger partial charge in [0.2, 0.25) is 0 Å². The van der Waals surface area contributed by atoms with Crippen molar-refractivity contribution < 1.29 is 13.2 Å². The van der Waals surface area contributed by atoms with Crippen LogP contribution in [0.4, 0.5) is 13.2 Å². The zero-order valence-electron chi connectivity index (χ0n) is 10.7. The van der Waals surface area contributed by atoms with E-state index in [9.17, 15) is 13.2 Å². The second-order valence-electron chi connectivity index (χ2n) is 5.07. The van der Waals surface area contributed by atoms with E-state index in [1.165, 1.54) is 0 Å². The van der Waals surface area contributed by atoms with Gasteiger partial charge in [0.05, 0.1) is 11.6 Å². The fourth-order valence-corrected chi connectivity index (χ4v) is 3.61. The van der Waals surface area contributed by atoms with E-state index in [0.717, 1.165) is 21.1 Å². The van der Waals surface area contributed by atoms with Crippen molar-refractivity contribution in [2.45, 2.75) is 44.4 Å². The van der Waals surface area contributed by atoms with E-state index in [0.29, 0.717) is 13.0 Å². The molecule has 2 atom stereocenters. The lowest BCUT2D eigenvalue weighted by Gasteiger charge is -2.31. The molecule has 0 bridgehead atoms. The molecule has 2 nitrogen and oxygen atoms in total. The summed E-state index contributed by atoms with van der Waals surface area (Å²) in [6.45, 7) is 0.475. The van der Waals surface area contributed by atoms with Crippen LogP contribution in [0.15, 0.2) is 21.2 Å². The van der Waals surface area contributed by atoms with Crippen LogP contribution in [0.1, 0.15) is 31.4 Å². The molecule has 0 radical (unpaired) electrons. The van der Waals surface area contributed by atoms with Crippen LogP contribution >= 0.6 is 31.9 Å². The van der Waals surface area contributed by atoms with Crippen molar-refractivity contribution in [2.75, 3.05) is 0 Å². The van der Waals surface area contributed by atoms with Gasteiger partial charge in [0.25, 0.3) is 0 Å². The summed E-state index contributed by atoms with van der Waals surface area (Å²) in [6.07, 6.45) is -0.560. The van der Waals surface area contributed by atoms with Crippen molar-refractivity contribution >= 4 is 31.9 Å². The Labute approximate surface area is 132 Å². The molecule has 1 aliphatic rings. The van der Waals surface area contributed by atoms with Crippen LogP contribution in [-0.2, 0) is 6.54 Å². The maximum absolute atomic E-state index is 12.7. The normalized spacial score (nSPS) is 23.9. The first kappa shape index (κ1) is 16.2. The van der Waals surface area contributed by atoms with E-state index in [1.807, 2.05) is 6.07 Å². The van der Waals surface area contributed by atoms with Gasteiger partial charge in [-0.1, -0.05) is 6.42 Å². The van der Waals surface area contributed by atoms with E-state index in [1.54, 1.807) is 6.20 Å². The second-order valence-corrected chi connectivity index (χ2v) is 6.84. The molecule has 112 valence electrons. The molecule has 7 heteroatoms. The molecule has 1 aromatic heterocycles. The van der Waals surface area contributed by atoms with Gasteiger partial charge in [-0.25, -0.2) is 0 Å². The first-order chi connectivity index (χ1) is 9.36. The molecule has 1 aliphatic carbocycles. The van der Waals surface area contributed by atoms with Gasteiger partial charge in [0.15, 0.2) is 0 Å². The molecule has 0 saturated heterocycles. The number of halogens is 5. The summed E-state index contributed by atoms with van der Waals surface area (Å²) in [6, 6.07) is 1.79. The monoisotopic (exact) mass is 414 g/mol. The van der Waals surface area contributed by atoms with Gasteiger partial charge < -0.3 is 5.32 Å². The molecule has 0 amide bonds. The number of aromatic nitrogens is 1. The number of hydrogen-bond donors (Lipinski definition) is 1. The first-order valence-corrected chi connectivity index (χ1v) is 8.05. The van der Waals surface area contributed by atoms with Gasteiger partial charge in [-0.05, 0) is 57.2 Å². The number of pyridine rings is 1. The molecule has 1 aromatic rings. The van der Waals surface area contributed by atoms with Crippen LogP contribution in [0, 0.1) is 5.92 Å². The molecule has 1 fully saturated rings. The highest BCUT2D eigenvalue weighted by atomic mass is 79.9. The molecule has 20 heavy (non-hydrogen) atoms. The number of alkyl halides is 3. The predicted molar refractivity (Wildman–Crippen MR) is 78.3 cm³/mol. The average molecular weight is 416 g/mol. The van der Waals surface area contributed by atoms with Gasteiger partial charge in [-0.2, -0.15) is 13.2 Å². The topological polar surface area (TPSA) is 24.9 Å². The third kappa shape index (κ3) is 4.43. The van der Waals surface area contributed by atoms with Crippen LogP contribution in [-0.4, -0.2) is 17.2 Å². The molecule has 1 N–H and O–H groups in total. The highest BCUT2D eigenvalue weighted by molar-refractivity contribution is 9.11. The fraction of sp³-hybridized carbons (Fsp3) is 0.615. The fourth-order valence-electron chi connectivity index (χ4n) is 2.49. The summed E-state index contributed by atoms with van der Waals surface area (Å²) in [7, 11) is 0. The summed E-state index contributed by atoms with van der Waals surface area (Å²) in [5.74, 6) is -1.17. The Morgan fingerprint density at radius 3 is 2.70 bits per heavy atom. The van der Waals surface area contributed by atoms with Gasteiger partial charge >= 0.3 is 6.18 Å². The molecular formula is C13H15Br2F3N2. The highest BCUT2D eigenvalue weighted by Crippen LogP contribution is 2.37. The Bertz CT molecular complexity index is 465. The number of hydrogen-bond acceptors (Lipinski definition) is 2. The summed E-state index contributed by atoms with van der Waals surface area (Å²) < 4.78 is 39.9. The van der Waals surface area contributed by atoms with E-state index >= 15 is 0 Å². The zero-order chi connectivity index (χ0) is 14.8. The third-order valence-corrected chi connectivity index (χ3v) is 4.70. The minimum absolute atomic E-state index is 0.0901. The lowest BCUT2D eigenvalue weighted by molar-refractivity contribution is -0.183. The minimum atomic E-state index is -4.07. The van der Waals surface area contributed by atoms with Gasteiger partial charge in [-0.15, -0.1) is 0 Å². The van der Waals surface area contributed by atoms with Crippen molar-refractivity contribution in [1.29, 1.82) is 0 Å². The Morgan fingerprint density at radius 1 is 1.30 bits per heavy atom. The van der Waals surface area contributed by atoms with Crippen molar-refractivity contribution in [3.63, 3.8) is 0 Å². The molecule has 0 aliphatic heterocycles. The summed E-state index contributed by atoms with van der Waals surface area (Å²) in [5, 5.41) is 3.19. The number of nitrogens with zero attached hydrogens (tertiary/aromatic N) is 1. The maximum atomic E-state index is 12.7. The molecule has 1 saturated carbocycles. The van der Waals surface area contributed by atoms with Crippen LogP contribution in [0.25, 0.3) is 0 Å². The lowest BCUT2D eigenvalue weighted by Crippen LogP contribution is -2.38. The second kappa shape index (κ2) is 6.75. The van der Waals surface area contributed by atoms with Gasteiger partial charge in [0, 0.05) is 27.7 Å². The van der Waals surface area contributed by atoms with E-state index in [-0.39, 0.29) is 18.9 Å². The van der Waals surface area contributed by atoms with Gasteiger partial charge in [0.1, 0.15) is 0 Å². The Morgan fingerprint density at radius 2 is 2.05 bits per heavy atom. The smallest absolute Gasteiger partial charge is 0.308 e. The van der Waals surface area contributed by atoms with Crippen LogP contribution in [0.3, 0.4) is 0 Å². The summed E-state index contributed by atoms with van der Waals surface area (Å²) in [5.41, 5.74) is 0.808. The van der Waals surface area contributed by atoms with Crippen molar-refractivity contribution in [3.05, 3.63) is 26.9 Å². The Kier molecular flexibility index (Phi) is 5.48. The third-order valence-electron chi connectivity index (χ3n) is 3.58. The van der Waals surface area contributed by atoms with Crippen LogP contribution in [0.5, 0.6) is 0 Å². The van der Waals surface area contributed by atoms with E-state index < -0.39 is 12.1 Å². The van der Waals surface area contributed by atoms with Crippen molar-refractivity contribution in [3.8, 4) is 0 Å². The van der Waals surface area contributed by atoms with E-state index in [2.05, 4.69) is 42.2 Å². The SMILES string of the molecule is FC(F)(F)C1CCCC(NCc2ncc(Br)cc2Br)C1. The first-order valence-electron chi connectivity index (χ1n) is 6.46. The summed E-state index contributed by atoms with van der Waals surface area (Å²) in [4.78, 5) is 4.25.